The number of hydrogen-bond acceptors (Lipinski definition) is 6. The van der Waals surface area contributed by atoms with Crippen molar-refractivity contribution in [3.63, 3.8) is 0 Å². The molecule has 1 aromatic heterocycles. The summed E-state index contributed by atoms with van der Waals surface area (Å²) in [6, 6.07) is 11.3. The van der Waals surface area contributed by atoms with E-state index in [0.29, 0.717) is 22.9 Å². The van der Waals surface area contributed by atoms with Crippen LogP contribution in [0.4, 0.5) is 10.1 Å². The van der Waals surface area contributed by atoms with Gasteiger partial charge in [0.25, 0.3) is 5.91 Å². The Hall–Kier alpha value is -3.88. The first-order valence-electron chi connectivity index (χ1n) is 8.44. The highest BCUT2D eigenvalue weighted by molar-refractivity contribution is 6.02. The number of nitrogens with one attached hydrogen (secondary N) is 1. The van der Waals surface area contributed by atoms with E-state index in [2.05, 4.69) is 10.4 Å². The van der Waals surface area contributed by atoms with Gasteiger partial charge in [-0.3, -0.25) is 9.59 Å². The van der Waals surface area contributed by atoms with Crippen LogP contribution in [0.5, 0.6) is 17.4 Å². The zero-order valence-corrected chi connectivity index (χ0v) is 15.9. The maximum atomic E-state index is 13.0. The van der Waals surface area contributed by atoms with E-state index in [9.17, 15) is 14.0 Å². The van der Waals surface area contributed by atoms with Crippen LogP contribution in [-0.2, 0) is 0 Å². The minimum Gasteiger partial charge on any atom is -0.493 e. The van der Waals surface area contributed by atoms with Crippen LogP contribution in [0, 0.1) is 5.82 Å². The molecule has 0 saturated carbocycles. The van der Waals surface area contributed by atoms with Crippen molar-refractivity contribution in [1.29, 1.82) is 0 Å². The smallest absolute Gasteiger partial charge is 0.280 e. The lowest BCUT2D eigenvalue weighted by Gasteiger charge is -2.14. The summed E-state index contributed by atoms with van der Waals surface area (Å²) >= 11 is 0. The fourth-order valence-corrected chi connectivity index (χ4v) is 2.61. The Morgan fingerprint density at radius 3 is 2.28 bits per heavy atom. The Labute approximate surface area is 165 Å². The van der Waals surface area contributed by atoms with Crippen molar-refractivity contribution in [3.05, 3.63) is 70.3 Å². The van der Waals surface area contributed by atoms with Crippen molar-refractivity contribution in [2.45, 2.75) is 0 Å². The number of carbonyl (C=O) groups is 1. The molecule has 0 saturated heterocycles. The average molecular weight is 399 g/mol. The van der Waals surface area contributed by atoms with Gasteiger partial charge in [-0.05, 0) is 36.4 Å². The number of hydrogen-bond donors (Lipinski definition) is 1. The molecule has 3 rings (SSSR count). The van der Waals surface area contributed by atoms with E-state index in [4.69, 9.17) is 14.2 Å². The van der Waals surface area contributed by atoms with Crippen molar-refractivity contribution < 1.29 is 23.4 Å². The molecule has 1 heterocycles. The number of nitrogens with zero attached hydrogens (tertiary/aromatic N) is 2. The summed E-state index contributed by atoms with van der Waals surface area (Å²) in [5, 5.41) is 6.67. The van der Waals surface area contributed by atoms with Crippen molar-refractivity contribution in [1.82, 2.24) is 9.78 Å². The lowest BCUT2D eigenvalue weighted by atomic mass is 10.2. The predicted molar refractivity (Wildman–Crippen MR) is 104 cm³/mol. The quantitative estimate of drug-likeness (QED) is 0.685. The number of rotatable bonds is 6. The topological polar surface area (TPSA) is 91.7 Å². The van der Waals surface area contributed by atoms with Gasteiger partial charge in [-0.1, -0.05) is 0 Å². The van der Waals surface area contributed by atoms with Gasteiger partial charge in [-0.15, -0.1) is 0 Å². The number of halogens is 1. The molecule has 8 nitrogen and oxygen atoms in total. The molecule has 0 fully saturated rings. The Kier molecular flexibility index (Phi) is 5.77. The van der Waals surface area contributed by atoms with Gasteiger partial charge in [-0.2, -0.15) is 9.78 Å². The third kappa shape index (κ3) is 4.18. The highest BCUT2D eigenvalue weighted by Crippen LogP contribution is 2.30. The van der Waals surface area contributed by atoms with E-state index in [1.54, 1.807) is 18.2 Å². The highest BCUT2D eigenvalue weighted by atomic mass is 19.1. The van der Waals surface area contributed by atoms with Gasteiger partial charge in [-0.25, -0.2) is 4.39 Å². The van der Waals surface area contributed by atoms with Gasteiger partial charge in [0, 0.05) is 11.8 Å². The summed E-state index contributed by atoms with van der Waals surface area (Å²) in [7, 11) is 4.37. The SMILES string of the molecule is COc1ccc(-n2nc(C(=O)Nc3ccc(F)cc3)c(=O)cc2OC)cc1OC. The highest BCUT2D eigenvalue weighted by Gasteiger charge is 2.18. The second kappa shape index (κ2) is 8.42. The molecule has 1 amide bonds. The summed E-state index contributed by atoms with van der Waals surface area (Å²) in [6.07, 6.45) is 0. The lowest BCUT2D eigenvalue weighted by Crippen LogP contribution is -2.26. The van der Waals surface area contributed by atoms with Crippen LogP contribution in [0.25, 0.3) is 5.69 Å². The molecular formula is C20H18FN3O5. The number of benzene rings is 2. The van der Waals surface area contributed by atoms with Crippen LogP contribution in [-0.4, -0.2) is 37.0 Å². The number of aromatic nitrogens is 2. The lowest BCUT2D eigenvalue weighted by molar-refractivity contribution is 0.101. The summed E-state index contributed by atoms with van der Waals surface area (Å²) in [5.41, 5.74) is -0.176. The molecule has 150 valence electrons. The Balaban J connectivity index is 2.03. The van der Waals surface area contributed by atoms with Crippen molar-refractivity contribution >= 4 is 11.6 Å². The molecule has 9 heteroatoms. The summed E-state index contributed by atoms with van der Waals surface area (Å²) in [4.78, 5) is 24.9. The predicted octanol–water partition coefficient (Wildman–Crippen LogP) is 2.65. The first-order valence-corrected chi connectivity index (χ1v) is 8.44. The van der Waals surface area contributed by atoms with E-state index in [1.807, 2.05) is 0 Å². The minimum atomic E-state index is -0.738. The van der Waals surface area contributed by atoms with Crippen molar-refractivity contribution in [3.8, 4) is 23.1 Å². The summed E-state index contributed by atoms with van der Waals surface area (Å²) < 4.78 is 30.1. The molecule has 3 aromatic rings. The van der Waals surface area contributed by atoms with Gasteiger partial charge in [0.05, 0.1) is 33.1 Å². The number of methoxy groups -OCH3 is 3. The average Bonchev–Trinajstić information content (AvgIpc) is 2.74. The van der Waals surface area contributed by atoms with Gasteiger partial charge >= 0.3 is 0 Å². The zero-order valence-electron chi connectivity index (χ0n) is 15.9. The van der Waals surface area contributed by atoms with Gasteiger partial charge in [0.1, 0.15) is 5.82 Å². The van der Waals surface area contributed by atoms with Crippen LogP contribution in [0.3, 0.4) is 0 Å². The van der Waals surface area contributed by atoms with Gasteiger partial charge in [0.15, 0.2) is 17.2 Å². The van der Waals surface area contributed by atoms with Crippen LogP contribution in [0.2, 0.25) is 0 Å². The normalized spacial score (nSPS) is 10.3. The van der Waals surface area contributed by atoms with Crippen LogP contribution >= 0.6 is 0 Å². The van der Waals surface area contributed by atoms with Crippen LogP contribution in [0.1, 0.15) is 10.5 Å². The Morgan fingerprint density at radius 2 is 1.66 bits per heavy atom. The van der Waals surface area contributed by atoms with Crippen molar-refractivity contribution in [2.75, 3.05) is 26.6 Å². The molecule has 0 aliphatic heterocycles. The maximum Gasteiger partial charge on any atom is 0.280 e. The molecule has 0 radical (unpaired) electrons. The summed E-state index contributed by atoms with van der Waals surface area (Å²) in [6.45, 7) is 0. The maximum absolute atomic E-state index is 13.0. The fourth-order valence-electron chi connectivity index (χ4n) is 2.61. The first kappa shape index (κ1) is 19.9. The standard InChI is InChI=1S/C20H18FN3O5/c1-27-16-9-8-14(10-17(16)28-2)24-18(29-3)11-15(25)19(23-24)20(26)22-13-6-4-12(21)5-7-13/h4-11H,1-3H3,(H,22,26). The molecule has 0 atom stereocenters. The first-order chi connectivity index (χ1) is 14.0. The number of anilines is 1. The largest absolute Gasteiger partial charge is 0.493 e. The van der Waals surface area contributed by atoms with E-state index in [1.165, 1.54) is 50.3 Å². The molecule has 0 bridgehead atoms. The van der Waals surface area contributed by atoms with E-state index in [-0.39, 0.29) is 11.6 Å². The van der Waals surface area contributed by atoms with Crippen LogP contribution in [0.15, 0.2) is 53.3 Å². The zero-order chi connectivity index (χ0) is 21.0. The third-order valence-electron chi connectivity index (χ3n) is 4.03. The molecular weight excluding hydrogens is 381 g/mol. The second-order valence-corrected chi connectivity index (χ2v) is 5.81. The van der Waals surface area contributed by atoms with E-state index in [0.717, 1.165) is 6.07 Å². The third-order valence-corrected chi connectivity index (χ3v) is 4.03. The van der Waals surface area contributed by atoms with E-state index < -0.39 is 17.2 Å². The van der Waals surface area contributed by atoms with E-state index >= 15 is 0 Å². The number of carbonyl (C=O) groups excluding carboxylic acids is 1. The molecule has 29 heavy (non-hydrogen) atoms. The number of amides is 1. The van der Waals surface area contributed by atoms with Gasteiger partial charge in [0.2, 0.25) is 11.3 Å². The molecule has 0 spiro atoms. The number of ether oxygens (including phenoxy) is 3. The molecule has 0 aliphatic carbocycles. The monoisotopic (exact) mass is 399 g/mol. The summed E-state index contributed by atoms with van der Waals surface area (Å²) in [5.74, 6) is -0.115. The van der Waals surface area contributed by atoms with Gasteiger partial charge < -0.3 is 19.5 Å². The minimum absolute atomic E-state index is 0.126. The van der Waals surface area contributed by atoms with Crippen molar-refractivity contribution in [2.24, 2.45) is 0 Å². The second-order valence-electron chi connectivity index (χ2n) is 5.81. The molecule has 0 aliphatic rings. The molecule has 1 N–H and O–H groups in total. The molecule has 2 aromatic carbocycles. The Morgan fingerprint density at radius 1 is 0.966 bits per heavy atom. The Bertz CT molecular complexity index is 1100. The molecule has 0 unspecified atom stereocenters. The fraction of sp³-hybridized carbons (Fsp3) is 0.150. The van der Waals surface area contributed by atoms with Crippen LogP contribution < -0.4 is 25.0 Å².